The van der Waals surface area contributed by atoms with Gasteiger partial charge in [0.1, 0.15) is 5.76 Å². The minimum absolute atomic E-state index is 0.161. The van der Waals surface area contributed by atoms with E-state index in [1.807, 2.05) is 31.2 Å². The minimum Gasteiger partial charge on any atom is -0.441 e. The van der Waals surface area contributed by atoms with Crippen LogP contribution in [-0.4, -0.2) is 71.4 Å². The molecule has 0 amide bonds. The van der Waals surface area contributed by atoms with Crippen molar-refractivity contribution < 1.29 is 14.3 Å². The molecule has 2 aliphatic heterocycles. The Hall–Kier alpha value is -1.44. The Labute approximate surface area is 158 Å². The highest BCUT2D eigenvalue weighted by atomic mass is 35.5. The number of morpholine rings is 1. The van der Waals surface area contributed by atoms with Crippen LogP contribution in [0.25, 0.3) is 11.5 Å². The fourth-order valence-corrected chi connectivity index (χ4v) is 4.00. The highest BCUT2D eigenvalue weighted by Gasteiger charge is 2.36. The summed E-state index contributed by atoms with van der Waals surface area (Å²) in [5.41, 5.74) is 1.70. The van der Waals surface area contributed by atoms with Crippen LogP contribution in [-0.2, 0) is 11.3 Å². The molecule has 4 rings (SSSR count). The van der Waals surface area contributed by atoms with Crippen molar-refractivity contribution in [2.75, 3.05) is 39.4 Å². The van der Waals surface area contributed by atoms with Gasteiger partial charge in [0, 0.05) is 38.8 Å². The SMILES string of the molecule is Cc1oc(-c2ccccc2Cl)nc1CN1C[C@H](O)[C@@H](N2CCOCC2)C1. The standard InChI is InChI=1S/C19H24ClN3O3/c1-13-16(21-19(26-13)14-4-2-3-5-15(14)20)10-22-11-17(18(24)12-22)23-6-8-25-9-7-23/h2-5,17-18,24H,6-12H2,1H3/t17-,18-/m0/s1. The Bertz CT molecular complexity index is 760. The summed E-state index contributed by atoms with van der Waals surface area (Å²) in [5, 5.41) is 11.1. The molecule has 2 fully saturated rings. The lowest BCUT2D eigenvalue weighted by Crippen LogP contribution is -2.48. The number of ether oxygens (including phenoxy) is 1. The molecule has 6 nitrogen and oxygen atoms in total. The van der Waals surface area contributed by atoms with Gasteiger partial charge in [0.05, 0.1) is 35.6 Å². The van der Waals surface area contributed by atoms with Crippen molar-refractivity contribution in [1.29, 1.82) is 0 Å². The van der Waals surface area contributed by atoms with Crippen molar-refractivity contribution in [2.45, 2.75) is 25.6 Å². The van der Waals surface area contributed by atoms with Crippen LogP contribution in [0.15, 0.2) is 28.7 Å². The molecule has 0 radical (unpaired) electrons. The maximum Gasteiger partial charge on any atom is 0.228 e. The van der Waals surface area contributed by atoms with E-state index < -0.39 is 0 Å². The number of benzene rings is 1. The van der Waals surface area contributed by atoms with Crippen LogP contribution < -0.4 is 0 Å². The van der Waals surface area contributed by atoms with E-state index in [1.165, 1.54) is 0 Å². The van der Waals surface area contributed by atoms with E-state index in [4.69, 9.17) is 20.8 Å². The number of aliphatic hydroxyl groups is 1. The number of aliphatic hydroxyl groups excluding tert-OH is 1. The molecule has 2 atom stereocenters. The second kappa shape index (κ2) is 7.66. The molecule has 3 heterocycles. The van der Waals surface area contributed by atoms with Crippen LogP contribution in [0.5, 0.6) is 0 Å². The summed E-state index contributed by atoms with van der Waals surface area (Å²) in [7, 11) is 0. The number of hydrogen-bond acceptors (Lipinski definition) is 6. The molecule has 26 heavy (non-hydrogen) atoms. The van der Waals surface area contributed by atoms with Gasteiger partial charge in [-0.2, -0.15) is 0 Å². The average Bonchev–Trinajstić information content (AvgIpc) is 3.19. The van der Waals surface area contributed by atoms with Crippen molar-refractivity contribution in [3.8, 4) is 11.5 Å². The third-order valence-corrected chi connectivity index (χ3v) is 5.55. The third kappa shape index (κ3) is 3.66. The minimum atomic E-state index is -0.344. The van der Waals surface area contributed by atoms with Gasteiger partial charge in [-0.3, -0.25) is 9.80 Å². The lowest BCUT2D eigenvalue weighted by atomic mass is 10.1. The van der Waals surface area contributed by atoms with Crippen molar-refractivity contribution in [3.63, 3.8) is 0 Å². The summed E-state index contributed by atoms with van der Waals surface area (Å²) in [6.45, 7) is 7.32. The van der Waals surface area contributed by atoms with Crippen LogP contribution >= 0.6 is 11.6 Å². The molecule has 0 saturated carbocycles. The van der Waals surface area contributed by atoms with Gasteiger partial charge in [0.2, 0.25) is 5.89 Å². The lowest BCUT2D eigenvalue weighted by Gasteiger charge is -2.33. The van der Waals surface area contributed by atoms with Crippen LogP contribution in [0.1, 0.15) is 11.5 Å². The van der Waals surface area contributed by atoms with Crippen molar-refractivity contribution >= 4 is 11.6 Å². The number of rotatable bonds is 4. The molecule has 1 aromatic carbocycles. The van der Waals surface area contributed by atoms with E-state index >= 15 is 0 Å². The summed E-state index contributed by atoms with van der Waals surface area (Å²) in [6.07, 6.45) is -0.344. The summed E-state index contributed by atoms with van der Waals surface area (Å²) in [4.78, 5) is 9.23. The monoisotopic (exact) mass is 377 g/mol. The fraction of sp³-hybridized carbons (Fsp3) is 0.526. The molecule has 1 aromatic heterocycles. The molecule has 140 valence electrons. The predicted octanol–water partition coefficient (Wildman–Crippen LogP) is 2.18. The van der Waals surface area contributed by atoms with E-state index in [1.54, 1.807) is 0 Å². The first kappa shape index (κ1) is 17.9. The summed E-state index contributed by atoms with van der Waals surface area (Å²) < 4.78 is 11.3. The lowest BCUT2D eigenvalue weighted by molar-refractivity contribution is -0.00618. The summed E-state index contributed by atoms with van der Waals surface area (Å²) in [6, 6.07) is 7.71. The molecule has 7 heteroatoms. The number of β-amino-alcohol motifs (C(OH)–C–C–N with tert-alkyl or cyclic N) is 1. The Kier molecular flexibility index (Phi) is 5.29. The Morgan fingerprint density at radius 1 is 1.23 bits per heavy atom. The first-order valence-corrected chi connectivity index (χ1v) is 9.43. The molecule has 0 bridgehead atoms. The van der Waals surface area contributed by atoms with Gasteiger partial charge in [-0.1, -0.05) is 23.7 Å². The van der Waals surface area contributed by atoms with E-state index in [0.29, 0.717) is 24.0 Å². The van der Waals surface area contributed by atoms with Gasteiger partial charge in [-0.15, -0.1) is 0 Å². The van der Waals surface area contributed by atoms with Crippen LogP contribution in [0.2, 0.25) is 5.02 Å². The number of likely N-dealkylation sites (tertiary alicyclic amines) is 1. The molecule has 2 saturated heterocycles. The van der Waals surface area contributed by atoms with Crippen LogP contribution in [0.4, 0.5) is 0 Å². The molecule has 2 aliphatic rings. The smallest absolute Gasteiger partial charge is 0.228 e. The van der Waals surface area contributed by atoms with E-state index in [0.717, 1.165) is 49.9 Å². The van der Waals surface area contributed by atoms with E-state index in [-0.39, 0.29) is 12.1 Å². The first-order valence-electron chi connectivity index (χ1n) is 9.05. The largest absolute Gasteiger partial charge is 0.441 e. The predicted molar refractivity (Wildman–Crippen MR) is 99.1 cm³/mol. The summed E-state index contributed by atoms with van der Waals surface area (Å²) in [5.74, 6) is 1.34. The van der Waals surface area contributed by atoms with Gasteiger partial charge >= 0.3 is 0 Å². The third-order valence-electron chi connectivity index (χ3n) is 5.22. The fourth-order valence-electron chi connectivity index (χ4n) is 3.78. The number of aromatic nitrogens is 1. The van der Waals surface area contributed by atoms with Crippen molar-refractivity contribution in [2.24, 2.45) is 0 Å². The normalized spacial score (nSPS) is 25.0. The zero-order valence-electron chi connectivity index (χ0n) is 14.9. The highest BCUT2D eigenvalue weighted by Crippen LogP contribution is 2.29. The van der Waals surface area contributed by atoms with Crippen LogP contribution in [0.3, 0.4) is 0 Å². The molecule has 0 spiro atoms. The molecular formula is C19H24ClN3O3. The van der Waals surface area contributed by atoms with Gasteiger partial charge in [0.25, 0.3) is 0 Å². The first-order chi connectivity index (χ1) is 12.6. The van der Waals surface area contributed by atoms with Gasteiger partial charge in [0.15, 0.2) is 0 Å². The zero-order chi connectivity index (χ0) is 18.1. The number of nitrogens with zero attached hydrogens (tertiary/aromatic N) is 3. The molecule has 2 aromatic rings. The molecule has 1 N–H and O–H groups in total. The Morgan fingerprint density at radius 2 is 2.00 bits per heavy atom. The average molecular weight is 378 g/mol. The zero-order valence-corrected chi connectivity index (χ0v) is 15.7. The Balaban J connectivity index is 1.45. The molecule has 0 unspecified atom stereocenters. The number of hydrogen-bond donors (Lipinski definition) is 1. The number of oxazole rings is 1. The van der Waals surface area contributed by atoms with Crippen molar-refractivity contribution in [3.05, 3.63) is 40.7 Å². The molecular weight excluding hydrogens is 354 g/mol. The quantitative estimate of drug-likeness (QED) is 0.881. The molecule has 0 aliphatic carbocycles. The highest BCUT2D eigenvalue weighted by molar-refractivity contribution is 6.33. The van der Waals surface area contributed by atoms with E-state index in [9.17, 15) is 5.11 Å². The van der Waals surface area contributed by atoms with Gasteiger partial charge in [-0.05, 0) is 19.1 Å². The second-order valence-electron chi connectivity index (χ2n) is 6.98. The van der Waals surface area contributed by atoms with Crippen molar-refractivity contribution in [1.82, 2.24) is 14.8 Å². The number of aryl methyl sites for hydroxylation is 1. The van der Waals surface area contributed by atoms with E-state index in [2.05, 4.69) is 14.8 Å². The van der Waals surface area contributed by atoms with Crippen LogP contribution in [0, 0.1) is 6.92 Å². The Morgan fingerprint density at radius 3 is 2.77 bits per heavy atom. The number of halogens is 1. The topological polar surface area (TPSA) is 62.0 Å². The maximum absolute atomic E-state index is 10.5. The van der Waals surface area contributed by atoms with Gasteiger partial charge < -0.3 is 14.3 Å². The summed E-state index contributed by atoms with van der Waals surface area (Å²) >= 11 is 6.26. The maximum atomic E-state index is 10.5. The van der Waals surface area contributed by atoms with Gasteiger partial charge in [-0.25, -0.2) is 4.98 Å². The second-order valence-corrected chi connectivity index (χ2v) is 7.39.